The van der Waals surface area contributed by atoms with Crippen LogP contribution in [0.4, 0.5) is 0 Å². The smallest absolute Gasteiger partial charge is 0.0613 e. The fourth-order valence-corrected chi connectivity index (χ4v) is 1.28. The molecule has 0 aromatic carbocycles. The molecule has 14 heavy (non-hydrogen) atoms. The van der Waals surface area contributed by atoms with Gasteiger partial charge in [-0.1, -0.05) is 13.8 Å². The summed E-state index contributed by atoms with van der Waals surface area (Å²) in [6.45, 7) is 9.68. The van der Waals surface area contributed by atoms with Crippen LogP contribution in [-0.4, -0.2) is 37.5 Å². The van der Waals surface area contributed by atoms with Gasteiger partial charge in [0, 0.05) is 25.1 Å². The third-order valence-corrected chi connectivity index (χ3v) is 3.09. The molecule has 0 spiro atoms. The van der Waals surface area contributed by atoms with E-state index in [0.29, 0.717) is 12.6 Å². The predicted molar refractivity (Wildman–Crippen MR) is 59.4 cm³/mol. The Kier molecular flexibility index (Phi) is 6.33. The summed E-state index contributed by atoms with van der Waals surface area (Å²) in [5, 5.41) is 13.0. The van der Waals surface area contributed by atoms with Gasteiger partial charge in [-0.25, -0.2) is 0 Å². The van der Waals surface area contributed by atoms with E-state index in [9.17, 15) is 5.11 Å². The standard InChI is InChI=1S/C11H25NO2/c1-6-11(4,10(3)13)8-12-9(2)7-14-5/h9-10,12-13H,6-8H2,1-5H3. The Morgan fingerprint density at radius 3 is 2.36 bits per heavy atom. The first-order chi connectivity index (χ1) is 6.46. The van der Waals surface area contributed by atoms with Crippen LogP contribution in [0.1, 0.15) is 34.1 Å². The molecule has 0 aliphatic heterocycles. The van der Waals surface area contributed by atoms with E-state index < -0.39 is 0 Å². The van der Waals surface area contributed by atoms with Crippen LogP contribution >= 0.6 is 0 Å². The van der Waals surface area contributed by atoms with E-state index in [2.05, 4.69) is 26.1 Å². The number of aliphatic hydroxyl groups excluding tert-OH is 1. The molecular formula is C11H25NO2. The minimum Gasteiger partial charge on any atom is -0.393 e. The average molecular weight is 203 g/mol. The Bertz CT molecular complexity index is 150. The normalized spacial score (nSPS) is 20.1. The van der Waals surface area contributed by atoms with Crippen molar-refractivity contribution in [3.63, 3.8) is 0 Å². The van der Waals surface area contributed by atoms with Crippen molar-refractivity contribution in [1.29, 1.82) is 0 Å². The van der Waals surface area contributed by atoms with E-state index in [1.54, 1.807) is 7.11 Å². The van der Waals surface area contributed by atoms with Gasteiger partial charge in [-0.3, -0.25) is 0 Å². The van der Waals surface area contributed by atoms with Gasteiger partial charge in [0.1, 0.15) is 0 Å². The highest BCUT2D eigenvalue weighted by molar-refractivity contribution is 4.81. The van der Waals surface area contributed by atoms with Crippen molar-refractivity contribution in [2.75, 3.05) is 20.3 Å². The maximum absolute atomic E-state index is 9.64. The molecule has 3 nitrogen and oxygen atoms in total. The van der Waals surface area contributed by atoms with Gasteiger partial charge in [0.25, 0.3) is 0 Å². The van der Waals surface area contributed by atoms with Crippen molar-refractivity contribution in [3.8, 4) is 0 Å². The number of nitrogens with one attached hydrogen (secondary N) is 1. The summed E-state index contributed by atoms with van der Waals surface area (Å²) in [7, 11) is 1.70. The lowest BCUT2D eigenvalue weighted by atomic mass is 9.82. The summed E-state index contributed by atoms with van der Waals surface area (Å²) in [6, 6.07) is 0.338. The Morgan fingerprint density at radius 1 is 1.43 bits per heavy atom. The SMILES string of the molecule is CCC(C)(CNC(C)COC)C(C)O. The maximum Gasteiger partial charge on any atom is 0.0613 e. The molecule has 0 fully saturated rings. The first-order valence-corrected chi connectivity index (χ1v) is 5.36. The van der Waals surface area contributed by atoms with Crippen LogP contribution in [0.5, 0.6) is 0 Å². The molecule has 3 unspecified atom stereocenters. The molecule has 0 radical (unpaired) electrons. The highest BCUT2D eigenvalue weighted by atomic mass is 16.5. The van der Waals surface area contributed by atoms with E-state index in [1.807, 2.05) is 6.92 Å². The zero-order chi connectivity index (χ0) is 11.2. The van der Waals surface area contributed by atoms with Crippen molar-refractivity contribution in [1.82, 2.24) is 5.32 Å². The summed E-state index contributed by atoms with van der Waals surface area (Å²) < 4.78 is 5.04. The Labute approximate surface area is 87.8 Å². The van der Waals surface area contributed by atoms with Crippen LogP contribution < -0.4 is 5.32 Å². The number of ether oxygens (including phenoxy) is 1. The van der Waals surface area contributed by atoms with Crippen LogP contribution in [0.15, 0.2) is 0 Å². The summed E-state index contributed by atoms with van der Waals surface area (Å²) in [4.78, 5) is 0. The van der Waals surface area contributed by atoms with Crippen LogP contribution in [0.2, 0.25) is 0 Å². The third-order valence-electron chi connectivity index (χ3n) is 3.09. The molecule has 0 heterocycles. The topological polar surface area (TPSA) is 41.5 Å². The first-order valence-electron chi connectivity index (χ1n) is 5.36. The van der Waals surface area contributed by atoms with Crippen molar-refractivity contribution < 1.29 is 9.84 Å². The van der Waals surface area contributed by atoms with E-state index in [4.69, 9.17) is 4.74 Å². The largest absolute Gasteiger partial charge is 0.393 e. The molecule has 0 saturated heterocycles. The molecular weight excluding hydrogens is 178 g/mol. The number of hydrogen-bond donors (Lipinski definition) is 2. The van der Waals surface area contributed by atoms with Gasteiger partial charge in [-0.05, 0) is 20.3 Å². The quantitative estimate of drug-likeness (QED) is 0.657. The van der Waals surface area contributed by atoms with E-state index in [-0.39, 0.29) is 11.5 Å². The lowest BCUT2D eigenvalue weighted by molar-refractivity contribution is 0.0444. The molecule has 86 valence electrons. The number of methoxy groups -OCH3 is 1. The monoisotopic (exact) mass is 203 g/mol. The van der Waals surface area contributed by atoms with Gasteiger partial charge in [0.2, 0.25) is 0 Å². The maximum atomic E-state index is 9.64. The van der Waals surface area contributed by atoms with Gasteiger partial charge >= 0.3 is 0 Å². The number of aliphatic hydroxyl groups is 1. The van der Waals surface area contributed by atoms with E-state index >= 15 is 0 Å². The Balaban J connectivity index is 3.95. The van der Waals surface area contributed by atoms with Crippen molar-refractivity contribution in [2.45, 2.75) is 46.3 Å². The summed E-state index contributed by atoms with van der Waals surface area (Å²) >= 11 is 0. The number of rotatable bonds is 7. The second-order valence-electron chi connectivity index (χ2n) is 4.42. The summed E-state index contributed by atoms with van der Waals surface area (Å²) in [5.41, 5.74) is -0.0397. The first kappa shape index (κ1) is 13.9. The fourth-order valence-electron chi connectivity index (χ4n) is 1.28. The minimum atomic E-state index is -0.283. The third kappa shape index (κ3) is 4.40. The molecule has 0 aliphatic carbocycles. The molecule has 0 aliphatic rings. The van der Waals surface area contributed by atoms with Crippen LogP contribution in [-0.2, 0) is 4.74 Å². The molecule has 3 heteroatoms. The average Bonchev–Trinajstić information content (AvgIpc) is 2.14. The Hall–Kier alpha value is -0.120. The van der Waals surface area contributed by atoms with Crippen LogP contribution in [0.25, 0.3) is 0 Å². The zero-order valence-corrected chi connectivity index (χ0v) is 10.1. The number of hydrogen-bond acceptors (Lipinski definition) is 3. The summed E-state index contributed by atoms with van der Waals surface area (Å²) in [5.74, 6) is 0. The second-order valence-corrected chi connectivity index (χ2v) is 4.42. The zero-order valence-electron chi connectivity index (χ0n) is 10.1. The van der Waals surface area contributed by atoms with Crippen molar-refractivity contribution >= 4 is 0 Å². The fraction of sp³-hybridized carbons (Fsp3) is 1.00. The Morgan fingerprint density at radius 2 is 2.00 bits per heavy atom. The molecule has 2 N–H and O–H groups in total. The van der Waals surface area contributed by atoms with Crippen molar-refractivity contribution in [2.24, 2.45) is 5.41 Å². The van der Waals surface area contributed by atoms with Crippen LogP contribution in [0, 0.1) is 5.41 Å². The van der Waals surface area contributed by atoms with Gasteiger partial charge in [-0.15, -0.1) is 0 Å². The predicted octanol–water partition coefficient (Wildman–Crippen LogP) is 1.41. The lowest BCUT2D eigenvalue weighted by Gasteiger charge is -2.33. The molecule has 0 amide bonds. The lowest BCUT2D eigenvalue weighted by Crippen LogP contribution is -2.43. The second kappa shape index (κ2) is 6.38. The van der Waals surface area contributed by atoms with Crippen molar-refractivity contribution in [3.05, 3.63) is 0 Å². The van der Waals surface area contributed by atoms with Gasteiger partial charge in [0.05, 0.1) is 12.7 Å². The minimum absolute atomic E-state index is 0.0397. The molecule has 0 bridgehead atoms. The summed E-state index contributed by atoms with van der Waals surface area (Å²) in [6.07, 6.45) is 0.687. The van der Waals surface area contributed by atoms with E-state index in [0.717, 1.165) is 13.0 Å². The van der Waals surface area contributed by atoms with E-state index in [1.165, 1.54) is 0 Å². The molecule has 0 rings (SSSR count). The van der Waals surface area contributed by atoms with Gasteiger partial charge in [0.15, 0.2) is 0 Å². The van der Waals surface area contributed by atoms with Gasteiger partial charge < -0.3 is 15.2 Å². The molecule has 0 aromatic rings. The highest BCUT2D eigenvalue weighted by Crippen LogP contribution is 2.24. The molecule has 0 saturated carbocycles. The molecule has 0 aromatic heterocycles. The molecule has 3 atom stereocenters. The highest BCUT2D eigenvalue weighted by Gasteiger charge is 2.27. The van der Waals surface area contributed by atoms with Gasteiger partial charge in [-0.2, -0.15) is 0 Å². The van der Waals surface area contributed by atoms with Crippen LogP contribution in [0.3, 0.4) is 0 Å².